The maximum atomic E-state index is 16.1. The summed E-state index contributed by atoms with van der Waals surface area (Å²) in [6.45, 7) is 12.3. The Morgan fingerprint density at radius 1 is 0.946 bits per heavy atom. The number of hydrogen-bond acceptors (Lipinski definition) is 16. The number of carbonyl (C=O) groups is 4. The lowest BCUT2D eigenvalue weighted by Gasteiger charge is -2.38. The van der Waals surface area contributed by atoms with Gasteiger partial charge < -0.3 is 69.7 Å². The molecule has 4 aliphatic heterocycles. The second-order valence-corrected chi connectivity index (χ2v) is 19.9. The summed E-state index contributed by atoms with van der Waals surface area (Å²) in [5.74, 6) is -11.7. The van der Waals surface area contributed by atoms with Gasteiger partial charge in [-0.25, -0.2) is 9.18 Å². The number of phenols is 3. The Morgan fingerprint density at radius 3 is 2.30 bits per heavy atom. The van der Waals surface area contributed by atoms with Crippen molar-refractivity contribution in [1.82, 2.24) is 4.57 Å². The van der Waals surface area contributed by atoms with Gasteiger partial charge in [0.05, 0.1) is 46.7 Å². The third-order valence-corrected chi connectivity index (χ3v) is 14.8. The molecule has 1 aromatic heterocycles. The highest BCUT2D eigenvalue weighted by Gasteiger charge is 2.50. The zero-order chi connectivity index (χ0) is 54.0. The minimum atomic E-state index is -2.16. The monoisotopic (exact) mass is 1020 g/mol. The Labute approximate surface area is 424 Å². The predicted molar refractivity (Wildman–Crippen MR) is 271 cm³/mol. The minimum absolute atomic E-state index is 0.0277. The molecule has 0 spiro atoms. The first-order chi connectivity index (χ1) is 34.9. The SMILES string of the molecule is CO[C@H]1C=CO[C@@]2(C)Oc3c(C)c(O)c4c(O)c(c(NC5=CN(c6cc7c(cc6F)c(=O)c(C(=O)O)cn7C6CC6)CC5)c(O)c4c3C2=O)NC(=O)C(C)=CC=C[C@H](C)[C@H](O)[C@@H](C)[C@@H](O)[C@@H](C)[C@H](OC(C)=O)[C@@H]1C. The molecule has 5 aliphatic rings. The van der Waals surface area contributed by atoms with Crippen molar-refractivity contribution in [2.24, 2.45) is 23.7 Å². The molecule has 5 heterocycles. The molecule has 8 N–H and O–H groups in total. The van der Waals surface area contributed by atoms with Crippen LogP contribution in [0.4, 0.5) is 21.5 Å². The van der Waals surface area contributed by atoms with Crippen LogP contribution >= 0.6 is 0 Å². The second-order valence-electron chi connectivity index (χ2n) is 19.9. The first-order valence-electron chi connectivity index (χ1n) is 24.3. The van der Waals surface area contributed by atoms with Gasteiger partial charge in [0.1, 0.15) is 46.1 Å². The quantitative estimate of drug-likeness (QED) is 0.0508. The third-order valence-electron chi connectivity index (χ3n) is 14.8. The highest BCUT2D eigenvalue weighted by atomic mass is 19.1. The number of nitrogens with one attached hydrogen (secondary N) is 2. The van der Waals surface area contributed by atoms with Gasteiger partial charge >= 0.3 is 17.7 Å². The molecule has 4 aromatic rings. The molecule has 0 unspecified atom stereocenters. The van der Waals surface area contributed by atoms with Gasteiger partial charge in [-0.15, -0.1) is 0 Å². The van der Waals surface area contributed by atoms with Gasteiger partial charge in [-0.2, -0.15) is 0 Å². The van der Waals surface area contributed by atoms with Gasteiger partial charge in [-0.1, -0.05) is 45.9 Å². The van der Waals surface area contributed by atoms with Crippen LogP contribution in [0.25, 0.3) is 21.7 Å². The van der Waals surface area contributed by atoms with E-state index in [2.05, 4.69) is 10.6 Å². The number of anilines is 3. The van der Waals surface area contributed by atoms with E-state index in [0.29, 0.717) is 11.2 Å². The van der Waals surface area contributed by atoms with Crippen LogP contribution in [0.5, 0.6) is 23.0 Å². The lowest BCUT2D eigenvalue weighted by atomic mass is 9.78. The molecule has 19 nitrogen and oxygen atoms in total. The highest BCUT2D eigenvalue weighted by molar-refractivity contribution is 6.23. The van der Waals surface area contributed by atoms with Crippen LogP contribution in [0.3, 0.4) is 0 Å². The van der Waals surface area contributed by atoms with Crippen molar-refractivity contribution in [2.75, 3.05) is 29.2 Å². The third kappa shape index (κ3) is 9.41. The van der Waals surface area contributed by atoms with Gasteiger partial charge in [0, 0.05) is 104 Å². The molecule has 1 aliphatic carbocycles. The normalized spacial score (nSPS) is 26.7. The zero-order valence-corrected chi connectivity index (χ0v) is 42.4. The number of benzene rings is 3. The average Bonchev–Trinajstić information content (AvgIpc) is 4.04. The van der Waals surface area contributed by atoms with E-state index in [0.717, 1.165) is 25.2 Å². The molecule has 0 saturated heterocycles. The number of methoxy groups -OCH3 is 1. The summed E-state index contributed by atoms with van der Waals surface area (Å²) >= 11 is 0. The summed E-state index contributed by atoms with van der Waals surface area (Å²) in [6, 6.07) is 2.39. The predicted octanol–water partition coefficient (Wildman–Crippen LogP) is 7.40. The van der Waals surface area contributed by atoms with Crippen molar-refractivity contribution in [3.63, 3.8) is 0 Å². The second kappa shape index (κ2) is 20.1. The Hall–Kier alpha value is -7.42. The molecule has 1 saturated carbocycles. The van der Waals surface area contributed by atoms with Crippen LogP contribution in [0.15, 0.2) is 71.2 Å². The van der Waals surface area contributed by atoms with Crippen LogP contribution in [0.2, 0.25) is 0 Å². The van der Waals surface area contributed by atoms with Crippen molar-refractivity contribution < 1.29 is 73.2 Å². The number of aromatic carboxylic acids is 1. The molecule has 1 amide bonds. The highest BCUT2D eigenvalue weighted by Crippen LogP contribution is 2.57. The van der Waals surface area contributed by atoms with E-state index in [1.54, 1.807) is 38.3 Å². The van der Waals surface area contributed by atoms with E-state index in [1.807, 2.05) is 0 Å². The molecular formula is C54H61FN4O15. The number of aromatic hydroxyl groups is 3. The Balaban J connectivity index is 1.25. The minimum Gasteiger partial charge on any atom is -0.507 e. The number of hydrogen-bond donors (Lipinski definition) is 8. The van der Waals surface area contributed by atoms with E-state index in [4.69, 9.17) is 18.9 Å². The summed E-state index contributed by atoms with van der Waals surface area (Å²) in [5, 5.41) is 74.1. The molecule has 394 valence electrons. The number of allylic oxidation sites excluding steroid dienone is 2. The number of carbonyl (C=O) groups excluding carboxylic acids is 3. The van der Waals surface area contributed by atoms with Gasteiger partial charge in [0.15, 0.2) is 5.75 Å². The average molecular weight is 1030 g/mol. The summed E-state index contributed by atoms with van der Waals surface area (Å²) in [4.78, 5) is 68.0. The number of carboxylic acid groups (broad SMARTS) is 1. The summed E-state index contributed by atoms with van der Waals surface area (Å²) < 4.78 is 41.5. The van der Waals surface area contributed by atoms with Crippen molar-refractivity contribution in [3.05, 3.63) is 99.1 Å². The zero-order valence-electron chi connectivity index (χ0n) is 42.4. The number of ether oxygens (including phenoxy) is 4. The van der Waals surface area contributed by atoms with Gasteiger partial charge in [0.25, 0.3) is 11.7 Å². The first kappa shape index (κ1) is 52.9. The number of aliphatic hydroxyl groups is 2. The lowest BCUT2D eigenvalue weighted by Crippen LogP contribution is -2.46. The Kier molecular flexibility index (Phi) is 14.4. The van der Waals surface area contributed by atoms with Crippen LogP contribution < -0.4 is 25.7 Å². The number of amides is 1. The number of Topliss-reactive ketones (excluding diaryl/α,β-unsaturated/α-hetero) is 1. The number of phenolic OH excluding ortho intramolecular Hbond substituents is 3. The topological polar surface area (TPSA) is 276 Å². The van der Waals surface area contributed by atoms with Crippen molar-refractivity contribution in [2.45, 2.75) is 111 Å². The maximum absolute atomic E-state index is 16.1. The number of nitrogens with zero attached hydrogens (tertiary/aromatic N) is 2. The van der Waals surface area contributed by atoms with E-state index in [-0.39, 0.29) is 63.6 Å². The van der Waals surface area contributed by atoms with Gasteiger partial charge in [-0.05, 0) is 44.9 Å². The fourth-order valence-corrected chi connectivity index (χ4v) is 10.2. The number of carboxylic acids is 1. The fourth-order valence-electron chi connectivity index (χ4n) is 10.2. The Bertz CT molecular complexity index is 3190. The lowest BCUT2D eigenvalue weighted by molar-refractivity contribution is -0.160. The van der Waals surface area contributed by atoms with E-state index >= 15 is 4.39 Å². The number of aromatic nitrogens is 1. The van der Waals surface area contributed by atoms with Gasteiger partial charge in [0.2, 0.25) is 5.43 Å². The molecule has 20 heteroatoms. The summed E-state index contributed by atoms with van der Waals surface area (Å²) in [5.41, 5.74) is -1.61. The standard InChI is InChI=1S/C54H61FN4O15/c1-23-11-10-12-24(2)52(68)57-42-41(56-30-15-17-58(21-30)36-20-35-32(19-34(36)55)46(64)33(53(69)70)22-59(35)31-13-14-31)47(65)38-39(48(42)66)45(63)28(6)50-40(38)51(67)54(8,74-50)72-18-16-37(71-9)25(3)49(73-29(7)60)27(5)44(62)26(4)43(23)61/h10-12,16,18-23,25-27,31,37,43-44,49,56,61-63,65-66H,13-15,17H2,1-9H3,(H,57,68)(H,69,70)/t23-,25+,26+,27+,37-,43-,44+,49+,54-/m0/s1. The van der Waals surface area contributed by atoms with E-state index in [9.17, 15) is 54.6 Å². The van der Waals surface area contributed by atoms with E-state index in [1.165, 1.54) is 76.4 Å². The molecule has 0 radical (unpaired) electrons. The number of ketones is 1. The fraction of sp³-hybridized carbons (Fsp3) is 0.426. The number of fused-ring (bicyclic) bond motifs is 15. The molecule has 74 heavy (non-hydrogen) atoms. The smallest absolute Gasteiger partial charge is 0.341 e. The maximum Gasteiger partial charge on any atom is 0.341 e. The van der Waals surface area contributed by atoms with Crippen molar-refractivity contribution in [1.29, 1.82) is 0 Å². The largest absolute Gasteiger partial charge is 0.507 e. The van der Waals surface area contributed by atoms with Crippen molar-refractivity contribution >= 4 is 62.4 Å². The van der Waals surface area contributed by atoms with Crippen LogP contribution in [0.1, 0.15) is 100 Å². The Morgan fingerprint density at radius 2 is 1.65 bits per heavy atom. The van der Waals surface area contributed by atoms with Crippen LogP contribution in [0, 0.1) is 36.4 Å². The van der Waals surface area contributed by atoms with Gasteiger partial charge in [-0.3, -0.25) is 19.2 Å². The number of esters is 1. The summed E-state index contributed by atoms with van der Waals surface area (Å²) in [6.07, 6.45) is 7.48. The number of aliphatic hydroxyl groups excluding tert-OH is 2. The number of halogens is 1. The molecule has 3 aromatic carbocycles. The number of rotatable bonds is 7. The molecule has 9 atom stereocenters. The first-order valence-corrected chi connectivity index (χ1v) is 24.3. The van der Waals surface area contributed by atoms with Crippen molar-refractivity contribution in [3.8, 4) is 23.0 Å². The van der Waals surface area contributed by atoms with E-state index < -0.39 is 123 Å². The van der Waals surface area contributed by atoms with Crippen LogP contribution in [-0.4, -0.2) is 103 Å². The molecule has 1 fully saturated rings. The van der Waals surface area contributed by atoms with Crippen LogP contribution in [-0.2, 0) is 23.8 Å². The molecule has 5 bridgehead atoms. The summed E-state index contributed by atoms with van der Waals surface area (Å²) in [7, 11) is 1.40. The molecule has 9 rings (SSSR count). The molecular weight excluding hydrogens is 964 g/mol. The number of pyridine rings is 1.